The smallest absolute Gasteiger partial charge is 0.338 e. The molecule has 3 rings (SSSR count). The second kappa shape index (κ2) is 8.18. The molecule has 0 aliphatic carbocycles. The molecule has 0 radical (unpaired) electrons. The minimum absolute atomic E-state index is 0.00566. The highest BCUT2D eigenvalue weighted by Crippen LogP contribution is 2.36. The summed E-state index contributed by atoms with van der Waals surface area (Å²) in [4.78, 5) is 26.2. The van der Waals surface area contributed by atoms with E-state index >= 15 is 0 Å². The fraction of sp³-hybridized carbons (Fsp3) is 0.150. The van der Waals surface area contributed by atoms with Gasteiger partial charge in [-0.05, 0) is 66.7 Å². The first-order chi connectivity index (χ1) is 13.4. The third-order valence-corrected chi connectivity index (χ3v) is 4.85. The van der Waals surface area contributed by atoms with E-state index in [0.717, 1.165) is 11.8 Å². The Balaban J connectivity index is 1.84. The van der Waals surface area contributed by atoms with E-state index in [-0.39, 0.29) is 23.4 Å². The largest absolute Gasteiger partial charge is 0.504 e. The molecule has 1 aliphatic heterocycles. The van der Waals surface area contributed by atoms with Crippen LogP contribution in [0.15, 0.2) is 47.4 Å². The minimum atomic E-state index is -0.437. The van der Waals surface area contributed by atoms with Crippen LogP contribution < -0.4 is 9.64 Å². The Bertz CT molecular complexity index is 969. The van der Waals surface area contributed by atoms with Crippen LogP contribution in [0.25, 0.3) is 6.08 Å². The standard InChI is InChI=1S/C20H18N2O5S/c1-3-27-19(25)13-5-7-14(8-6-13)22-18(24)17(28-20(22)21)11-12-4-9-15(23)16(10-12)26-2/h4-11,21,23H,3H2,1-2H3/b17-11-,21-20?. The van der Waals surface area contributed by atoms with Crippen molar-refractivity contribution in [3.63, 3.8) is 0 Å². The van der Waals surface area contributed by atoms with Crippen LogP contribution in [0.2, 0.25) is 0 Å². The quantitative estimate of drug-likeness (QED) is 0.589. The molecular formula is C20H18N2O5S. The van der Waals surface area contributed by atoms with E-state index in [1.54, 1.807) is 49.4 Å². The number of methoxy groups -OCH3 is 1. The Morgan fingerprint density at radius 3 is 2.61 bits per heavy atom. The number of phenols is 1. The van der Waals surface area contributed by atoms with E-state index in [9.17, 15) is 14.7 Å². The molecule has 7 nitrogen and oxygen atoms in total. The van der Waals surface area contributed by atoms with Crippen LogP contribution in [0.4, 0.5) is 5.69 Å². The lowest BCUT2D eigenvalue weighted by Gasteiger charge is -2.14. The second-order valence-corrected chi connectivity index (χ2v) is 6.79. The van der Waals surface area contributed by atoms with Gasteiger partial charge in [0, 0.05) is 0 Å². The number of ether oxygens (including phenoxy) is 2. The first-order valence-electron chi connectivity index (χ1n) is 8.41. The Labute approximate surface area is 166 Å². The molecule has 2 N–H and O–H groups in total. The number of nitrogens with one attached hydrogen (secondary N) is 1. The van der Waals surface area contributed by atoms with Gasteiger partial charge in [0.1, 0.15) is 0 Å². The van der Waals surface area contributed by atoms with Crippen LogP contribution in [-0.4, -0.2) is 35.9 Å². The van der Waals surface area contributed by atoms with Crippen LogP contribution >= 0.6 is 11.8 Å². The molecule has 1 fully saturated rings. The lowest BCUT2D eigenvalue weighted by atomic mass is 10.1. The molecule has 1 heterocycles. The number of esters is 1. The zero-order chi connectivity index (χ0) is 20.3. The van der Waals surface area contributed by atoms with Crippen molar-refractivity contribution in [1.29, 1.82) is 5.41 Å². The van der Waals surface area contributed by atoms with Gasteiger partial charge >= 0.3 is 5.97 Å². The first-order valence-corrected chi connectivity index (χ1v) is 9.23. The van der Waals surface area contributed by atoms with Gasteiger partial charge in [-0.2, -0.15) is 0 Å². The van der Waals surface area contributed by atoms with Gasteiger partial charge < -0.3 is 14.6 Å². The number of aromatic hydroxyl groups is 1. The summed E-state index contributed by atoms with van der Waals surface area (Å²) < 4.78 is 10.0. The zero-order valence-electron chi connectivity index (χ0n) is 15.3. The number of carbonyl (C=O) groups is 2. The molecule has 1 amide bonds. The van der Waals surface area contributed by atoms with Crippen LogP contribution in [0.1, 0.15) is 22.8 Å². The number of benzene rings is 2. The predicted octanol–water partition coefficient (Wildman–Crippen LogP) is 3.63. The van der Waals surface area contributed by atoms with Crippen molar-refractivity contribution >= 4 is 40.6 Å². The highest BCUT2D eigenvalue weighted by atomic mass is 32.2. The van der Waals surface area contributed by atoms with Crippen molar-refractivity contribution in [2.75, 3.05) is 18.6 Å². The Morgan fingerprint density at radius 2 is 1.96 bits per heavy atom. The van der Waals surface area contributed by atoms with E-state index in [4.69, 9.17) is 14.9 Å². The summed E-state index contributed by atoms with van der Waals surface area (Å²) in [6.45, 7) is 2.01. The summed E-state index contributed by atoms with van der Waals surface area (Å²) in [6, 6.07) is 11.1. The van der Waals surface area contributed by atoms with Gasteiger partial charge in [-0.25, -0.2) is 4.79 Å². The summed E-state index contributed by atoms with van der Waals surface area (Å²) in [7, 11) is 1.44. The molecule has 144 valence electrons. The van der Waals surface area contributed by atoms with Gasteiger partial charge in [-0.1, -0.05) is 6.07 Å². The van der Waals surface area contributed by atoms with Crippen molar-refractivity contribution < 1.29 is 24.2 Å². The number of nitrogens with zero attached hydrogens (tertiary/aromatic N) is 1. The Hall–Kier alpha value is -3.26. The summed E-state index contributed by atoms with van der Waals surface area (Å²) in [6.07, 6.45) is 1.64. The molecule has 1 saturated heterocycles. The molecule has 2 aromatic carbocycles. The number of thioether (sulfide) groups is 1. The van der Waals surface area contributed by atoms with Gasteiger partial charge in [0.05, 0.1) is 29.9 Å². The molecule has 0 atom stereocenters. The topological polar surface area (TPSA) is 99.9 Å². The Morgan fingerprint density at radius 1 is 1.25 bits per heavy atom. The molecular weight excluding hydrogens is 380 g/mol. The van der Waals surface area contributed by atoms with Crippen LogP contribution in [0.3, 0.4) is 0 Å². The maximum atomic E-state index is 12.8. The van der Waals surface area contributed by atoms with Gasteiger partial charge in [-0.15, -0.1) is 0 Å². The molecule has 1 aliphatic rings. The average molecular weight is 398 g/mol. The first kappa shape index (κ1) is 19.5. The third kappa shape index (κ3) is 3.86. The van der Waals surface area contributed by atoms with Crippen LogP contribution in [0.5, 0.6) is 11.5 Å². The van der Waals surface area contributed by atoms with Crippen molar-refractivity contribution in [2.24, 2.45) is 0 Å². The molecule has 0 bridgehead atoms. The molecule has 0 spiro atoms. The summed E-state index contributed by atoms with van der Waals surface area (Å²) in [5.74, 6) is -0.476. The summed E-state index contributed by atoms with van der Waals surface area (Å²) in [5, 5.41) is 17.9. The molecule has 0 aromatic heterocycles. The molecule has 8 heteroatoms. The zero-order valence-corrected chi connectivity index (χ0v) is 16.1. The lowest BCUT2D eigenvalue weighted by Crippen LogP contribution is -2.28. The maximum absolute atomic E-state index is 12.8. The maximum Gasteiger partial charge on any atom is 0.338 e. The van der Waals surface area contributed by atoms with Crippen molar-refractivity contribution in [2.45, 2.75) is 6.92 Å². The number of rotatable bonds is 5. The van der Waals surface area contributed by atoms with E-state index in [1.807, 2.05) is 0 Å². The number of amides is 1. The van der Waals surface area contributed by atoms with E-state index < -0.39 is 5.97 Å². The number of anilines is 1. The molecule has 2 aromatic rings. The normalized spacial score (nSPS) is 15.2. The fourth-order valence-electron chi connectivity index (χ4n) is 2.62. The monoisotopic (exact) mass is 398 g/mol. The van der Waals surface area contributed by atoms with Crippen LogP contribution in [-0.2, 0) is 9.53 Å². The number of amidine groups is 1. The van der Waals surface area contributed by atoms with Crippen molar-refractivity contribution in [1.82, 2.24) is 0 Å². The average Bonchev–Trinajstić information content (AvgIpc) is 2.96. The summed E-state index contributed by atoms with van der Waals surface area (Å²) in [5.41, 5.74) is 1.53. The minimum Gasteiger partial charge on any atom is -0.504 e. The molecule has 0 unspecified atom stereocenters. The predicted molar refractivity (Wildman–Crippen MR) is 108 cm³/mol. The van der Waals surface area contributed by atoms with Gasteiger partial charge in [0.15, 0.2) is 16.7 Å². The Kier molecular flexibility index (Phi) is 5.70. The third-order valence-electron chi connectivity index (χ3n) is 3.96. The van der Waals surface area contributed by atoms with E-state index in [2.05, 4.69) is 0 Å². The number of carbonyl (C=O) groups excluding carboxylic acids is 2. The van der Waals surface area contributed by atoms with Crippen LogP contribution in [0, 0.1) is 5.41 Å². The van der Waals surface area contributed by atoms with E-state index in [0.29, 0.717) is 27.5 Å². The summed E-state index contributed by atoms with van der Waals surface area (Å²) >= 11 is 1.03. The number of hydrogen-bond donors (Lipinski definition) is 2. The SMILES string of the molecule is CCOC(=O)c1ccc(N2C(=N)S/C(=C\c3ccc(O)c(OC)c3)C2=O)cc1. The fourth-order valence-corrected chi connectivity index (χ4v) is 3.48. The number of phenolic OH excluding ortho intramolecular Hbond substituents is 1. The number of hydrogen-bond acceptors (Lipinski definition) is 7. The molecule has 0 saturated carbocycles. The van der Waals surface area contributed by atoms with Crippen molar-refractivity contribution in [3.8, 4) is 11.5 Å². The van der Waals surface area contributed by atoms with Gasteiger partial charge in [-0.3, -0.25) is 15.1 Å². The highest BCUT2D eigenvalue weighted by molar-refractivity contribution is 8.19. The van der Waals surface area contributed by atoms with Gasteiger partial charge in [0.25, 0.3) is 5.91 Å². The lowest BCUT2D eigenvalue weighted by molar-refractivity contribution is -0.113. The molecule has 28 heavy (non-hydrogen) atoms. The second-order valence-electron chi connectivity index (χ2n) is 5.75. The highest BCUT2D eigenvalue weighted by Gasteiger charge is 2.33. The van der Waals surface area contributed by atoms with E-state index in [1.165, 1.54) is 18.1 Å². The van der Waals surface area contributed by atoms with Crippen molar-refractivity contribution in [3.05, 3.63) is 58.5 Å². The van der Waals surface area contributed by atoms with Gasteiger partial charge in [0.2, 0.25) is 0 Å².